The molecule has 89 heavy (non-hydrogen) atoms. The number of phenols is 2. The third-order valence-corrected chi connectivity index (χ3v) is 18.2. The molecule has 10 atom stereocenters. The zero-order valence-corrected chi connectivity index (χ0v) is 53.1. The van der Waals surface area contributed by atoms with E-state index in [2.05, 4.69) is 46.6 Å². The van der Waals surface area contributed by atoms with Gasteiger partial charge >= 0.3 is 11.8 Å². The SMILES string of the molecule is C=C(CCC(C=O)C=O)NCC(=O)N[C@H](Cc1ccccc1)C(=O)NCC(=O)CCC(=O)O[C@@H]1[C@@H](C)[C@@H](O)[C@@H](C)[C@H](C)[C@H](C)[C@@H](C)/C=C/O[C@@]2(C)Oc3c(C)c(O)c4c(O)c(c5c(c4c3C2=O)=NC2(CCN(CC(C)C)CC2)N=5)NC(=O)/C(C)=C\C=C\[C@@H]1C. The Kier molecular flexibility index (Phi) is 22.7. The third-order valence-electron chi connectivity index (χ3n) is 18.2. The molecule has 0 aliphatic carbocycles. The number of aliphatic hydroxyl groups excluding tert-OH is 1. The Hall–Kier alpha value is -8.04. The number of esters is 1. The van der Waals surface area contributed by atoms with Crippen LogP contribution < -0.4 is 36.7 Å². The average molecular weight is 1230 g/mol. The van der Waals surface area contributed by atoms with Gasteiger partial charge in [0.2, 0.25) is 11.8 Å². The summed E-state index contributed by atoms with van der Waals surface area (Å²) in [4.78, 5) is 118. The topological polar surface area (TPSA) is 301 Å². The highest BCUT2D eigenvalue weighted by molar-refractivity contribution is 6.19. The van der Waals surface area contributed by atoms with E-state index in [1.807, 2.05) is 33.8 Å². The fourth-order valence-electron chi connectivity index (χ4n) is 12.1. The zero-order chi connectivity index (χ0) is 65.2. The first-order valence-corrected chi connectivity index (χ1v) is 31.0. The Morgan fingerprint density at radius 2 is 1.53 bits per heavy atom. The van der Waals surface area contributed by atoms with Crippen LogP contribution in [0.2, 0.25) is 0 Å². The van der Waals surface area contributed by atoms with Gasteiger partial charge in [0, 0.05) is 86.3 Å². The van der Waals surface area contributed by atoms with E-state index in [-0.39, 0.29) is 118 Å². The van der Waals surface area contributed by atoms with E-state index in [0.717, 1.165) is 12.1 Å². The molecule has 3 aromatic carbocycles. The smallest absolute Gasteiger partial charge is 0.312 e. The lowest BCUT2D eigenvalue weighted by molar-refractivity contribution is -0.158. The summed E-state index contributed by atoms with van der Waals surface area (Å²) >= 11 is 0. The number of benzene rings is 3. The molecule has 1 fully saturated rings. The van der Waals surface area contributed by atoms with Crippen LogP contribution in [-0.2, 0) is 49.5 Å². The highest BCUT2D eigenvalue weighted by Gasteiger charge is 2.50. The number of carbonyl (C=O) groups is 8. The summed E-state index contributed by atoms with van der Waals surface area (Å²) in [7, 11) is 0. The number of aliphatic hydroxyl groups is 1. The Morgan fingerprint density at radius 3 is 2.19 bits per heavy atom. The van der Waals surface area contributed by atoms with Gasteiger partial charge in [0.05, 0.1) is 54.1 Å². The van der Waals surface area contributed by atoms with E-state index in [9.17, 15) is 53.7 Å². The van der Waals surface area contributed by atoms with Gasteiger partial charge in [-0.1, -0.05) is 111 Å². The number of Topliss-reactive ketones (excluding diaryl/α,β-unsaturated/α-hetero) is 2. The zero-order valence-electron chi connectivity index (χ0n) is 53.1. The lowest BCUT2D eigenvalue weighted by Gasteiger charge is -2.38. The van der Waals surface area contributed by atoms with Crippen LogP contribution in [0.4, 0.5) is 5.69 Å². The monoisotopic (exact) mass is 1230 g/mol. The van der Waals surface area contributed by atoms with Crippen molar-refractivity contribution in [2.24, 2.45) is 57.3 Å². The predicted molar refractivity (Wildman–Crippen MR) is 335 cm³/mol. The largest absolute Gasteiger partial charge is 0.507 e. The Morgan fingerprint density at radius 1 is 0.854 bits per heavy atom. The van der Waals surface area contributed by atoms with Gasteiger partial charge in [-0.3, -0.25) is 38.8 Å². The van der Waals surface area contributed by atoms with Gasteiger partial charge < -0.3 is 65.3 Å². The molecule has 0 radical (unpaired) electrons. The highest BCUT2D eigenvalue weighted by atomic mass is 16.7. The fourth-order valence-corrected chi connectivity index (χ4v) is 12.1. The molecule has 0 aromatic heterocycles. The summed E-state index contributed by atoms with van der Waals surface area (Å²) in [6.07, 6.45) is 8.17. The highest BCUT2D eigenvalue weighted by Crippen LogP contribution is 2.50. The van der Waals surface area contributed by atoms with Crippen molar-refractivity contribution < 1.29 is 67.9 Å². The van der Waals surface area contributed by atoms with Crippen molar-refractivity contribution in [2.75, 3.05) is 38.0 Å². The van der Waals surface area contributed by atoms with Gasteiger partial charge in [0.15, 0.2) is 17.2 Å². The second-order valence-electron chi connectivity index (χ2n) is 25.4. The number of ether oxygens (including phenoxy) is 3. The number of phenolic OH excluding ortho intramolecular Hbond substituents is 2. The van der Waals surface area contributed by atoms with E-state index in [1.165, 1.54) is 13.2 Å². The van der Waals surface area contributed by atoms with Crippen LogP contribution >= 0.6 is 0 Å². The molecule has 0 unspecified atom stereocenters. The molecule has 8 rings (SSSR count). The molecule has 5 aliphatic rings. The van der Waals surface area contributed by atoms with Gasteiger partial charge in [-0.15, -0.1) is 0 Å². The first-order chi connectivity index (χ1) is 42.1. The van der Waals surface area contributed by atoms with Crippen LogP contribution in [0.1, 0.15) is 129 Å². The number of nitrogens with zero attached hydrogens (tertiary/aromatic N) is 3. The maximum absolute atomic E-state index is 14.9. The Bertz CT molecular complexity index is 3420. The number of aromatic hydroxyl groups is 2. The number of aldehydes is 2. The normalized spacial score (nSPS) is 26.1. The summed E-state index contributed by atoms with van der Waals surface area (Å²) in [5, 5.41) is 47.9. The van der Waals surface area contributed by atoms with Crippen molar-refractivity contribution in [3.63, 3.8) is 0 Å². The van der Waals surface area contributed by atoms with Gasteiger partial charge in [0.1, 0.15) is 47.3 Å². The second-order valence-corrected chi connectivity index (χ2v) is 25.4. The number of piperidine rings is 1. The molecular formula is C68H89N7O14. The molecule has 5 bridgehead atoms. The number of hydrogen-bond donors (Lipinski definition) is 7. The number of likely N-dealkylation sites (tertiary alicyclic amines) is 1. The van der Waals surface area contributed by atoms with E-state index in [0.29, 0.717) is 50.1 Å². The van der Waals surface area contributed by atoms with E-state index < -0.39 is 95.0 Å². The molecule has 21 nitrogen and oxygen atoms in total. The van der Waals surface area contributed by atoms with Gasteiger partial charge in [0.25, 0.3) is 11.7 Å². The molecule has 5 aliphatic heterocycles. The minimum Gasteiger partial charge on any atom is -0.507 e. The van der Waals surface area contributed by atoms with Crippen LogP contribution in [0.25, 0.3) is 10.8 Å². The molecule has 7 N–H and O–H groups in total. The third kappa shape index (κ3) is 16.1. The molecule has 0 saturated carbocycles. The number of anilines is 1. The van der Waals surface area contributed by atoms with E-state index >= 15 is 0 Å². The van der Waals surface area contributed by atoms with Crippen LogP contribution in [0.5, 0.6) is 17.2 Å². The minimum absolute atomic E-state index is 0.0595. The number of carbonyl (C=O) groups excluding carboxylic acids is 8. The molecule has 1 saturated heterocycles. The average Bonchev–Trinajstić information content (AvgIpc) is 1.62. The maximum Gasteiger partial charge on any atom is 0.312 e. The second kappa shape index (κ2) is 29.5. The number of ketones is 2. The van der Waals surface area contributed by atoms with Crippen molar-refractivity contribution in [3.8, 4) is 17.2 Å². The molecule has 21 heteroatoms. The number of amides is 3. The standard InChI is InChI=1S/C68H89N7O14/c1-37(2)34-75-28-26-68(27-29-75)73-56-53-54-60(82)46(11)63-55(53)64(84)67(12,89-63)87-30-25-38(3)42(7)43(8)44(9)59(81)45(10)62(39(4)17-16-18-40(5)65(85)72-58(61(54)83)57(56)74-68)88-52(80)24-23-49(78)32-70-66(86)50(31-47-19-14-13-15-20-47)71-51(79)33-69-41(6)21-22-48(35-76)36-77/h13-20,25,30,35-39,42-45,48,50,59,62,69,81-83H,6,21-24,26-29,31-34H2,1-5,7-12H3,(H,70,86)(H,71,79)(H,72,85)/b17-16+,30-25+,40-18-/t38-,39-,42+,43+,44-,45-,50+,59-,62-,67-/m0/s1. The lowest BCUT2D eigenvalue weighted by atomic mass is 9.72. The Labute approximate surface area is 520 Å². The molecule has 3 aromatic rings. The van der Waals surface area contributed by atoms with Gasteiger partial charge in [-0.2, -0.15) is 0 Å². The van der Waals surface area contributed by atoms with Gasteiger partial charge in [-0.05, 0) is 67.9 Å². The first kappa shape index (κ1) is 68.5. The predicted octanol–water partition coefficient (Wildman–Crippen LogP) is 6.72. The summed E-state index contributed by atoms with van der Waals surface area (Å²) < 4.78 is 18.8. The van der Waals surface area contributed by atoms with E-state index in [4.69, 9.17) is 24.2 Å². The number of nitrogens with one attached hydrogen (secondary N) is 4. The minimum atomic E-state index is -1.91. The van der Waals surface area contributed by atoms with Crippen LogP contribution in [0.3, 0.4) is 0 Å². The molecule has 1 spiro atoms. The molecule has 3 amide bonds. The van der Waals surface area contributed by atoms with E-state index in [1.54, 1.807) is 76.3 Å². The van der Waals surface area contributed by atoms with Crippen molar-refractivity contribution in [1.82, 2.24) is 20.9 Å². The summed E-state index contributed by atoms with van der Waals surface area (Å²) in [5.74, 6) is -8.74. The lowest BCUT2D eigenvalue weighted by Crippen LogP contribution is -2.50. The molecule has 480 valence electrons. The fraction of sp³-hybridized carbons (Fsp3) is 0.529. The van der Waals surface area contributed by atoms with Crippen LogP contribution in [0.15, 0.2) is 88.7 Å². The van der Waals surface area contributed by atoms with Crippen molar-refractivity contribution in [2.45, 2.75) is 151 Å². The summed E-state index contributed by atoms with van der Waals surface area (Å²) in [5.41, 5.74) is 0.467. The molecular weight excluding hydrogens is 1140 g/mol. The van der Waals surface area contributed by atoms with Crippen LogP contribution in [0, 0.1) is 54.3 Å². The summed E-state index contributed by atoms with van der Waals surface area (Å²) in [6, 6.07) is 7.86. The van der Waals surface area contributed by atoms with Crippen molar-refractivity contribution >= 4 is 64.3 Å². The van der Waals surface area contributed by atoms with Gasteiger partial charge in [-0.25, -0.2) is 0 Å². The first-order valence-electron chi connectivity index (χ1n) is 31.0. The summed E-state index contributed by atoms with van der Waals surface area (Å²) in [6.45, 7) is 25.8. The number of rotatable bonds is 20. The van der Waals surface area contributed by atoms with Crippen molar-refractivity contribution in [1.29, 1.82) is 0 Å². The number of fused-ring (bicyclic) bond motifs is 13. The van der Waals surface area contributed by atoms with Crippen molar-refractivity contribution in [3.05, 3.63) is 106 Å². The molecule has 5 heterocycles. The van der Waals surface area contributed by atoms with Crippen LogP contribution in [-0.4, -0.2) is 130 Å². The number of hydrogen-bond acceptors (Lipinski definition) is 18. The maximum atomic E-state index is 14.9. The quantitative estimate of drug-likeness (QED) is 0.0267. The Balaban J connectivity index is 1.12. The number of allylic oxidation sites excluding steroid dienone is 4.